The molecular weight excluding hydrogens is 340 g/mol. The monoisotopic (exact) mass is 362 g/mol. The van der Waals surface area contributed by atoms with Gasteiger partial charge in [-0.25, -0.2) is 0 Å². The van der Waals surface area contributed by atoms with Gasteiger partial charge in [-0.2, -0.15) is 0 Å². The first-order chi connectivity index (χ1) is 12.2. The van der Waals surface area contributed by atoms with Crippen molar-refractivity contribution in [3.05, 3.63) is 35.1 Å². The molecule has 0 aromatic carbocycles. The number of nitrogens with one attached hydrogen (secondary N) is 1. The quantitative estimate of drug-likeness (QED) is 0.696. The van der Waals surface area contributed by atoms with Crippen LogP contribution in [0.3, 0.4) is 0 Å². The molecule has 2 aromatic rings. The third-order valence-electron chi connectivity index (χ3n) is 4.01. The topological polar surface area (TPSA) is 106 Å². The molecule has 1 saturated heterocycles. The summed E-state index contributed by atoms with van der Waals surface area (Å²) in [6.07, 6.45) is 5.02. The number of morpholine rings is 1. The van der Waals surface area contributed by atoms with Crippen LogP contribution >= 0.6 is 11.3 Å². The number of aryl methyl sites for hydroxylation is 1. The lowest BCUT2D eigenvalue weighted by molar-refractivity contribution is -0.128. The molecule has 3 rings (SSSR count). The minimum Gasteiger partial charge on any atom is -0.379 e. The van der Waals surface area contributed by atoms with E-state index in [1.807, 2.05) is 12.1 Å². The van der Waals surface area contributed by atoms with E-state index < -0.39 is 0 Å². The predicted octanol–water partition coefficient (Wildman–Crippen LogP) is 0.638. The lowest BCUT2D eigenvalue weighted by Crippen LogP contribution is -2.46. The Morgan fingerprint density at radius 1 is 1.40 bits per heavy atom. The van der Waals surface area contributed by atoms with Gasteiger partial charge in [-0.05, 0) is 18.1 Å². The van der Waals surface area contributed by atoms with Crippen LogP contribution in [-0.4, -0.2) is 58.8 Å². The third kappa shape index (κ3) is 4.94. The molecule has 0 radical (unpaired) electrons. The number of ether oxygens (including phenoxy) is 1. The van der Waals surface area contributed by atoms with Crippen LogP contribution < -0.4 is 11.1 Å². The Kier molecular flexibility index (Phi) is 6.26. The molecule has 0 spiro atoms. The van der Waals surface area contributed by atoms with Crippen LogP contribution in [-0.2, 0) is 16.0 Å². The summed E-state index contributed by atoms with van der Waals surface area (Å²) < 4.78 is 5.40. The third-order valence-corrected chi connectivity index (χ3v) is 4.82. The van der Waals surface area contributed by atoms with Gasteiger partial charge in [0.1, 0.15) is 11.0 Å². The maximum Gasteiger partial charge on any atom is 0.242 e. The van der Waals surface area contributed by atoms with Gasteiger partial charge in [0.25, 0.3) is 0 Å². The normalized spacial score (nSPS) is 16.5. The number of hydrogen-bond acceptors (Lipinski definition) is 8. The minimum absolute atomic E-state index is 0.00771. The van der Waals surface area contributed by atoms with Crippen LogP contribution in [0, 0.1) is 0 Å². The highest BCUT2D eigenvalue weighted by atomic mass is 32.1. The predicted molar refractivity (Wildman–Crippen MR) is 95.0 cm³/mol. The number of rotatable bonds is 7. The molecule has 1 fully saturated rings. The molecule has 1 aliphatic heterocycles. The van der Waals surface area contributed by atoms with Gasteiger partial charge in [-0.1, -0.05) is 17.4 Å². The summed E-state index contributed by atoms with van der Waals surface area (Å²) in [6.45, 7) is 3.33. The van der Waals surface area contributed by atoms with E-state index in [2.05, 4.69) is 25.4 Å². The molecule has 3 N–H and O–H groups in total. The summed E-state index contributed by atoms with van der Waals surface area (Å²) in [4.78, 5) is 19.1. The number of carbonyl (C=O) groups excluding carboxylic acids is 1. The van der Waals surface area contributed by atoms with Crippen LogP contribution in [0.25, 0.3) is 0 Å². The van der Waals surface area contributed by atoms with E-state index in [-0.39, 0.29) is 11.9 Å². The molecular formula is C16H22N6O2S. The van der Waals surface area contributed by atoms with Crippen molar-refractivity contribution >= 4 is 22.4 Å². The number of pyridine rings is 1. The van der Waals surface area contributed by atoms with Gasteiger partial charge in [-0.3, -0.25) is 14.7 Å². The summed E-state index contributed by atoms with van der Waals surface area (Å²) in [7, 11) is 0. The van der Waals surface area contributed by atoms with E-state index in [1.165, 1.54) is 11.3 Å². The highest BCUT2D eigenvalue weighted by Crippen LogP contribution is 2.21. The zero-order valence-corrected chi connectivity index (χ0v) is 14.7. The SMILES string of the molecule is Nc1nnc(CCCNC(=O)[C@H](c2cccnc2)N2CCOCC2)s1. The van der Waals surface area contributed by atoms with Crippen molar-refractivity contribution < 1.29 is 9.53 Å². The molecule has 9 heteroatoms. The van der Waals surface area contributed by atoms with Crippen LogP contribution in [0.5, 0.6) is 0 Å². The summed E-state index contributed by atoms with van der Waals surface area (Å²) in [5.74, 6) is -0.00771. The van der Waals surface area contributed by atoms with Crippen LogP contribution in [0.1, 0.15) is 23.0 Å². The van der Waals surface area contributed by atoms with Crippen molar-refractivity contribution in [2.45, 2.75) is 18.9 Å². The van der Waals surface area contributed by atoms with Crippen molar-refractivity contribution in [1.82, 2.24) is 25.4 Å². The second kappa shape index (κ2) is 8.84. The molecule has 134 valence electrons. The lowest BCUT2D eigenvalue weighted by Gasteiger charge is -2.33. The van der Waals surface area contributed by atoms with Crippen molar-refractivity contribution in [3.8, 4) is 0 Å². The van der Waals surface area contributed by atoms with E-state index in [4.69, 9.17) is 10.5 Å². The molecule has 0 bridgehead atoms. The van der Waals surface area contributed by atoms with Crippen LogP contribution in [0.2, 0.25) is 0 Å². The Morgan fingerprint density at radius 3 is 2.92 bits per heavy atom. The Bertz CT molecular complexity index is 674. The van der Waals surface area contributed by atoms with Crippen molar-refractivity contribution in [2.24, 2.45) is 0 Å². The number of amides is 1. The molecule has 25 heavy (non-hydrogen) atoms. The maximum absolute atomic E-state index is 12.8. The number of aromatic nitrogens is 3. The minimum atomic E-state index is -0.338. The van der Waals surface area contributed by atoms with Gasteiger partial charge < -0.3 is 15.8 Å². The smallest absolute Gasteiger partial charge is 0.242 e. The number of nitrogens with zero attached hydrogens (tertiary/aromatic N) is 4. The lowest BCUT2D eigenvalue weighted by atomic mass is 10.1. The zero-order valence-electron chi connectivity index (χ0n) is 13.9. The molecule has 0 aliphatic carbocycles. The first-order valence-electron chi connectivity index (χ1n) is 8.31. The number of anilines is 1. The highest BCUT2D eigenvalue weighted by molar-refractivity contribution is 7.15. The van der Waals surface area contributed by atoms with Gasteiger partial charge in [0, 0.05) is 38.4 Å². The van der Waals surface area contributed by atoms with Crippen LogP contribution in [0.4, 0.5) is 5.13 Å². The van der Waals surface area contributed by atoms with Crippen LogP contribution in [0.15, 0.2) is 24.5 Å². The Hall–Kier alpha value is -2.10. The second-order valence-corrected chi connectivity index (χ2v) is 6.86. The average Bonchev–Trinajstić information content (AvgIpc) is 3.06. The molecule has 3 heterocycles. The van der Waals surface area contributed by atoms with Crippen molar-refractivity contribution in [2.75, 3.05) is 38.6 Å². The first-order valence-corrected chi connectivity index (χ1v) is 9.13. The fourth-order valence-corrected chi connectivity index (χ4v) is 3.47. The first kappa shape index (κ1) is 17.7. The molecule has 8 nitrogen and oxygen atoms in total. The molecule has 1 amide bonds. The Labute approximate surface area is 150 Å². The van der Waals surface area contributed by atoms with Crippen molar-refractivity contribution in [3.63, 3.8) is 0 Å². The fraction of sp³-hybridized carbons (Fsp3) is 0.500. The van der Waals surface area contributed by atoms with Gasteiger partial charge in [0.05, 0.1) is 13.2 Å². The summed E-state index contributed by atoms with van der Waals surface area (Å²) in [5, 5.41) is 12.2. The molecule has 1 atom stereocenters. The average molecular weight is 362 g/mol. The number of hydrogen-bond donors (Lipinski definition) is 2. The van der Waals surface area contributed by atoms with E-state index in [9.17, 15) is 4.79 Å². The largest absolute Gasteiger partial charge is 0.379 e. The maximum atomic E-state index is 12.8. The Balaban J connectivity index is 1.57. The summed E-state index contributed by atoms with van der Waals surface area (Å²) in [5.41, 5.74) is 6.47. The number of nitrogens with two attached hydrogens (primary N) is 1. The molecule has 2 aromatic heterocycles. The van der Waals surface area contributed by atoms with Gasteiger partial charge in [0.2, 0.25) is 11.0 Å². The standard InChI is InChI=1S/C16H22N6O2S/c17-16-21-20-13(25-16)4-2-6-19-15(23)14(12-3-1-5-18-11-12)22-7-9-24-10-8-22/h1,3,5,11,14H,2,4,6-10H2,(H2,17,21)(H,19,23)/t14-/m0/s1. The second-order valence-electron chi connectivity index (χ2n) is 5.77. The summed E-state index contributed by atoms with van der Waals surface area (Å²) in [6, 6.07) is 3.46. The summed E-state index contributed by atoms with van der Waals surface area (Å²) >= 11 is 1.38. The molecule has 0 unspecified atom stereocenters. The highest BCUT2D eigenvalue weighted by Gasteiger charge is 2.28. The van der Waals surface area contributed by atoms with Gasteiger partial charge in [0.15, 0.2) is 0 Å². The number of nitrogen functional groups attached to an aromatic ring is 1. The number of carbonyl (C=O) groups is 1. The van der Waals surface area contributed by atoms with E-state index >= 15 is 0 Å². The fourth-order valence-electron chi connectivity index (χ4n) is 2.82. The van der Waals surface area contributed by atoms with Crippen molar-refractivity contribution in [1.29, 1.82) is 0 Å². The molecule has 1 aliphatic rings. The Morgan fingerprint density at radius 2 is 2.24 bits per heavy atom. The van der Waals surface area contributed by atoms with E-state index in [0.717, 1.165) is 36.5 Å². The van der Waals surface area contributed by atoms with Gasteiger partial charge >= 0.3 is 0 Å². The molecule has 0 saturated carbocycles. The van der Waals surface area contributed by atoms with E-state index in [0.29, 0.717) is 24.9 Å². The van der Waals surface area contributed by atoms with Gasteiger partial charge in [-0.15, -0.1) is 10.2 Å². The zero-order chi connectivity index (χ0) is 17.5. The van der Waals surface area contributed by atoms with E-state index in [1.54, 1.807) is 12.4 Å².